The summed E-state index contributed by atoms with van der Waals surface area (Å²) < 4.78 is 0. The monoisotopic (exact) mass is 628 g/mol. The molecule has 7 aromatic rings. The van der Waals surface area contributed by atoms with Crippen LogP contribution < -0.4 is 0 Å². The van der Waals surface area contributed by atoms with Crippen LogP contribution in [-0.2, 0) is 12.8 Å². The molecule has 2 aliphatic rings. The van der Waals surface area contributed by atoms with E-state index in [1.54, 1.807) is 0 Å². The van der Waals surface area contributed by atoms with E-state index in [9.17, 15) is 0 Å². The highest BCUT2D eigenvalue weighted by molar-refractivity contribution is 6.16. The molecule has 7 aromatic carbocycles. The van der Waals surface area contributed by atoms with Crippen LogP contribution in [0.15, 0.2) is 127 Å². The smallest absolute Gasteiger partial charge is 0.00668 e. The van der Waals surface area contributed by atoms with Gasteiger partial charge in [0, 0.05) is 0 Å². The van der Waals surface area contributed by atoms with E-state index >= 15 is 0 Å². The summed E-state index contributed by atoms with van der Waals surface area (Å²) >= 11 is 0. The van der Waals surface area contributed by atoms with Gasteiger partial charge in [0.15, 0.2) is 0 Å². The van der Waals surface area contributed by atoms with E-state index in [1.807, 2.05) is 0 Å². The van der Waals surface area contributed by atoms with Crippen molar-refractivity contribution in [2.75, 3.05) is 0 Å². The Kier molecular flexibility index (Phi) is 7.20. The molecule has 236 valence electrons. The molecule has 0 fully saturated rings. The fraction of sp³-hybridized carbons (Fsp3) is 0.143. The van der Waals surface area contributed by atoms with Crippen LogP contribution in [-0.4, -0.2) is 0 Å². The second-order valence-electron chi connectivity index (χ2n) is 14.0. The van der Waals surface area contributed by atoms with Gasteiger partial charge in [0.25, 0.3) is 0 Å². The van der Waals surface area contributed by atoms with Gasteiger partial charge < -0.3 is 0 Å². The van der Waals surface area contributed by atoms with Crippen molar-refractivity contribution in [2.24, 2.45) is 0 Å². The van der Waals surface area contributed by atoms with Gasteiger partial charge in [-0.25, -0.2) is 0 Å². The fourth-order valence-electron chi connectivity index (χ4n) is 8.69. The number of fused-ring (bicyclic) bond motifs is 6. The Morgan fingerprint density at radius 2 is 1.06 bits per heavy atom. The summed E-state index contributed by atoms with van der Waals surface area (Å²) in [5.74, 6) is 0. The molecule has 0 unspecified atom stereocenters. The third kappa shape index (κ3) is 4.98. The lowest BCUT2D eigenvalue weighted by Crippen LogP contribution is -2.06. The Morgan fingerprint density at radius 3 is 1.90 bits per heavy atom. The fourth-order valence-corrected chi connectivity index (χ4v) is 8.69. The summed E-state index contributed by atoms with van der Waals surface area (Å²) in [5, 5.41) is 5.27. The molecule has 2 aliphatic carbocycles. The van der Waals surface area contributed by atoms with Gasteiger partial charge in [-0.3, -0.25) is 0 Å². The number of aryl methyl sites for hydroxylation is 2. The zero-order valence-corrected chi connectivity index (χ0v) is 28.6. The van der Waals surface area contributed by atoms with Crippen molar-refractivity contribution in [1.29, 1.82) is 0 Å². The van der Waals surface area contributed by atoms with E-state index in [4.69, 9.17) is 0 Å². The molecule has 9 rings (SSSR count). The lowest BCUT2D eigenvalue weighted by molar-refractivity contribution is 0.940. The maximum Gasteiger partial charge on any atom is -0.00668 e. The molecule has 0 atom stereocenters. The first-order valence-electron chi connectivity index (χ1n) is 17.8. The molecule has 0 spiro atoms. The highest BCUT2D eigenvalue weighted by Gasteiger charge is 2.21. The van der Waals surface area contributed by atoms with Crippen LogP contribution in [0.3, 0.4) is 0 Å². The van der Waals surface area contributed by atoms with Crippen molar-refractivity contribution < 1.29 is 0 Å². The number of rotatable bonds is 4. The predicted molar refractivity (Wildman–Crippen MR) is 212 cm³/mol. The van der Waals surface area contributed by atoms with Gasteiger partial charge >= 0.3 is 0 Å². The lowest BCUT2D eigenvalue weighted by atomic mass is 9.80. The molecule has 0 aliphatic heterocycles. The van der Waals surface area contributed by atoms with E-state index in [0.29, 0.717) is 0 Å². The van der Waals surface area contributed by atoms with E-state index in [0.717, 1.165) is 25.7 Å². The minimum Gasteiger partial charge on any atom is -0.0836 e. The molecule has 0 amide bonds. The first-order valence-corrected chi connectivity index (χ1v) is 17.8. The molecule has 0 nitrogen and oxygen atoms in total. The van der Waals surface area contributed by atoms with Crippen molar-refractivity contribution in [1.82, 2.24) is 0 Å². The van der Waals surface area contributed by atoms with Crippen molar-refractivity contribution >= 4 is 33.7 Å². The van der Waals surface area contributed by atoms with Crippen molar-refractivity contribution in [2.45, 2.75) is 46.5 Å². The molecule has 0 bridgehead atoms. The first-order chi connectivity index (χ1) is 24.0. The molecular formula is C49H40. The van der Waals surface area contributed by atoms with Crippen LogP contribution in [0.2, 0.25) is 0 Å². The van der Waals surface area contributed by atoms with Gasteiger partial charge in [-0.15, -0.1) is 0 Å². The molecule has 0 saturated carbocycles. The molecule has 0 saturated heterocycles. The van der Waals surface area contributed by atoms with Crippen molar-refractivity contribution in [3.05, 3.63) is 166 Å². The summed E-state index contributed by atoms with van der Waals surface area (Å²) in [6.45, 7) is 6.83. The lowest BCUT2D eigenvalue weighted by Gasteiger charge is -2.24. The Bertz CT molecular complexity index is 2520. The number of benzene rings is 7. The summed E-state index contributed by atoms with van der Waals surface area (Å²) in [6.07, 6.45) is 13.9. The van der Waals surface area contributed by atoms with Crippen LogP contribution in [0.4, 0.5) is 0 Å². The number of allylic oxidation sites excluding steroid dienone is 2. The normalized spacial score (nSPS) is 13.5. The second kappa shape index (κ2) is 11.9. The van der Waals surface area contributed by atoms with Crippen LogP contribution in [0, 0.1) is 20.8 Å². The second-order valence-corrected chi connectivity index (χ2v) is 14.0. The minimum absolute atomic E-state index is 1.11. The highest BCUT2D eigenvalue weighted by Crippen LogP contribution is 2.43. The van der Waals surface area contributed by atoms with Gasteiger partial charge in [0.05, 0.1) is 0 Å². The molecule has 0 aromatic heterocycles. The number of hydrogen-bond acceptors (Lipinski definition) is 0. The van der Waals surface area contributed by atoms with Gasteiger partial charge in [-0.05, 0) is 170 Å². The van der Waals surface area contributed by atoms with Gasteiger partial charge in [-0.1, -0.05) is 121 Å². The zero-order valence-electron chi connectivity index (χ0n) is 28.6. The van der Waals surface area contributed by atoms with E-state index < -0.39 is 0 Å². The molecular weight excluding hydrogens is 589 g/mol. The molecule has 49 heavy (non-hydrogen) atoms. The molecule has 0 heterocycles. The van der Waals surface area contributed by atoms with Crippen LogP contribution in [0.5, 0.6) is 0 Å². The summed E-state index contributed by atoms with van der Waals surface area (Å²) in [6, 6.07) is 43.4. The summed E-state index contributed by atoms with van der Waals surface area (Å²) in [7, 11) is 0. The van der Waals surface area contributed by atoms with Crippen LogP contribution in [0.1, 0.15) is 51.8 Å². The Balaban J connectivity index is 1.16. The Morgan fingerprint density at radius 1 is 0.429 bits per heavy atom. The minimum atomic E-state index is 1.11. The first kappa shape index (κ1) is 29.7. The van der Waals surface area contributed by atoms with Gasteiger partial charge in [-0.2, -0.15) is 0 Å². The third-order valence-corrected chi connectivity index (χ3v) is 11.0. The summed E-state index contributed by atoms with van der Waals surface area (Å²) in [4.78, 5) is 0. The topological polar surface area (TPSA) is 0 Å². The van der Waals surface area contributed by atoms with Crippen LogP contribution >= 0.6 is 0 Å². The van der Waals surface area contributed by atoms with Crippen LogP contribution in [0.25, 0.3) is 78.2 Å². The van der Waals surface area contributed by atoms with Gasteiger partial charge in [0.2, 0.25) is 0 Å². The summed E-state index contributed by atoms with van der Waals surface area (Å²) in [5.41, 5.74) is 20.3. The average Bonchev–Trinajstić information content (AvgIpc) is 3.15. The average molecular weight is 629 g/mol. The maximum atomic E-state index is 2.46. The molecule has 0 N–H and O–H groups in total. The Labute approximate surface area is 290 Å². The van der Waals surface area contributed by atoms with Gasteiger partial charge in [0.1, 0.15) is 0 Å². The molecule has 0 heteroatoms. The standard InChI is InChI=1S/C49H40/c1-31-26-37(29-38(27-31)48-30-36-14-4-5-18-42(36)44-20-8-9-22-46(44)48)34-15-12-16-35(28-34)39-24-13-25-41(32(39)2)49-33(3)40-17-6-7-19-43(40)45-21-10-11-23-47(45)49/h4,6-8,10-17,19-21,23-30H,5,9,18,22H2,1-3H3. The number of hydrogen-bond donors (Lipinski definition) is 0. The third-order valence-electron chi connectivity index (χ3n) is 11.0. The van der Waals surface area contributed by atoms with Crippen molar-refractivity contribution in [3.63, 3.8) is 0 Å². The van der Waals surface area contributed by atoms with E-state index in [2.05, 4.69) is 160 Å². The quantitative estimate of drug-likeness (QED) is 0.170. The van der Waals surface area contributed by atoms with Crippen molar-refractivity contribution in [3.8, 4) is 44.5 Å². The van der Waals surface area contributed by atoms with E-state index in [-0.39, 0.29) is 0 Å². The Hall–Kier alpha value is -5.46. The highest BCUT2D eigenvalue weighted by atomic mass is 14.2. The van der Waals surface area contributed by atoms with E-state index in [1.165, 1.54) is 105 Å². The largest absolute Gasteiger partial charge is 0.0836 e. The zero-order chi connectivity index (χ0) is 33.1. The maximum absolute atomic E-state index is 2.46. The SMILES string of the molecule is Cc1cc(-c2cccc(-c3cccc(-c4c(C)c5ccccc5c5ccccc45)c3C)c2)cc(-c2cc3c(c4c2CCC=C4)CCC=C3)c1. The molecule has 0 radical (unpaired) electrons. The predicted octanol–water partition coefficient (Wildman–Crippen LogP) is 13.5.